The van der Waals surface area contributed by atoms with Gasteiger partial charge in [0.1, 0.15) is 0 Å². The van der Waals surface area contributed by atoms with Crippen molar-refractivity contribution in [2.75, 3.05) is 26.3 Å². The molecule has 0 aliphatic carbocycles. The molecule has 2 aromatic heterocycles. The van der Waals surface area contributed by atoms with E-state index < -0.39 is 0 Å². The monoisotopic (exact) mass is 328 g/mol. The minimum Gasteiger partial charge on any atom is -0.381 e. The Morgan fingerprint density at radius 3 is 2.88 bits per heavy atom. The summed E-state index contributed by atoms with van der Waals surface area (Å²) >= 11 is 0. The fraction of sp³-hybridized carbons (Fsp3) is 0.529. The number of nitrogens with zero attached hydrogens (tertiary/aromatic N) is 4. The van der Waals surface area contributed by atoms with E-state index in [0.29, 0.717) is 30.5 Å². The number of amides is 1. The van der Waals surface area contributed by atoms with Gasteiger partial charge in [-0.2, -0.15) is 4.98 Å². The Balaban J connectivity index is 1.41. The zero-order valence-corrected chi connectivity index (χ0v) is 13.4. The van der Waals surface area contributed by atoms with E-state index in [1.807, 2.05) is 4.90 Å². The van der Waals surface area contributed by atoms with Gasteiger partial charge < -0.3 is 14.2 Å². The van der Waals surface area contributed by atoms with Gasteiger partial charge >= 0.3 is 0 Å². The molecule has 0 saturated carbocycles. The minimum atomic E-state index is 0.00904. The summed E-state index contributed by atoms with van der Waals surface area (Å²) in [5, 5.41) is 4.16. The Bertz CT molecular complexity index is 697. The maximum absolute atomic E-state index is 12.5. The van der Waals surface area contributed by atoms with E-state index in [-0.39, 0.29) is 11.8 Å². The summed E-state index contributed by atoms with van der Waals surface area (Å²) in [7, 11) is 0. The van der Waals surface area contributed by atoms with Crippen LogP contribution < -0.4 is 0 Å². The molecule has 1 amide bonds. The number of hydrogen-bond donors (Lipinski definition) is 0. The summed E-state index contributed by atoms with van der Waals surface area (Å²) in [6.45, 7) is 2.83. The maximum atomic E-state index is 12.5. The fourth-order valence-electron chi connectivity index (χ4n) is 3.35. The molecule has 126 valence electrons. The van der Waals surface area contributed by atoms with E-state index in [9.17, 15) is 4.79 Å². The van der Waals surface area contributed by atoms with Gasteiger partial charge in [0.25, 0.3) is 5.91 Å². The summed E-state index contributed by atoms with van der Waals surface area (Å²) in [5.74, 6) is 1.88. The number of carbonyl (C=O) groups excluding carboxylic acids is 1. The molecule has 24 heavy (non-hydrogen) atoms. The van der Waals surface area contributed by atoms with Gasteiger partial charge in [0.05, 0.1) is 11.5 Å². The highest BCUT2D eigenvalue weighted by atomic mass is 16.5. The van der Waals surface area contributed by atoms with Crippen LogP contribution in [0.4, 0.5) is 0 Å². The molecule has 0 aromatic carbocycles. The maximum Gasteiger partial charge on any atom is 0.255 e. The van der Waals surface area contributed by atoms with E-state index >= 15 is 0 Å². The summed E-state index contributed by atoms with van der Waals surface area (Å²) in [6.07, 6.45) is 6.00. The second kappa shape index (κ2) is 6.68. The Hall–Kier alpha value is -2.28. The predicted molar refractivity (Wildman–Crippen MR) is 84.6 cm³/mol. The van der Waals surface area contributed by atoms with E-state index in [1.54, 1.807) is 24.5 Å². The second-order valence-corrected chi connectivity index (χ2v) is 6.36. The van der Waals surface area contributed by atoms with E-state index in [2.05, 4.69) is 15.1 Å². The molecule has 7 nitrogen and oxygen atoms in total. The van der Waals surface area contributed by atoms with Crippen molar-refractivity contribution < 1.29 is 14.1 Å². The van der Waals surface area contributed by atoms with Crippen LogP contribution in [0, 0.1) is 0 Å². The topological polar surface area (TPSA) is 81.4 Å². The molecule has 7 heteroatoms. The number of hydrogen-bond acceptors (Lipinski definition) is 6. The fourth-order valence-corrected chi connectivity index (χ4v) is 3.35. The summed E-state index contributed by atoms with van der Waals surface area (Å²) < 4.78 is 10.9. The quantitative estimate of drug-likeness (QED) is 0.857. The van der Waals surface area contributed by atoms with Crippen molar-refractivity contribution in [3.8, 4) is 0 Å². The third-order valence-electron chi connectivity index (χ3n) is 4.78. The molecular formula is C17H20N4O3. The molecule has 2 aliphatic rings. The standard InChI is InChI=1S/C17H20N4O3/c22-17(13-2-1-6-18-10-13)21-7-3-14(11-21)16-19-15(20-24-16)12-4-8-23-9-5-12/h1-2,6,10,12,14H,3-5,7-9,11H2. The molecule has 4 rings (SSSR count). The van der Waals surface area contributed by atoms with E-state index in [1.165, 1.54) is 0 Å². The number of pyridine rings is 1. The lowest BCUT2D eigenvalue weighted by atomic mass is 10.00. The van der Waals surface area contributed by atoms with Crippen LogP contribution in [0.1, 0.15) is 53.2 Å². The van der Waals surface area contributed by atoms with Crippen molar-refractivity contribution in [3.05, 3.63) is 41.8 Å². The molecule has 4 heterocycles. The largest absolute Gasteiger partial charge is 0.381 e. The second-order valence-electron chi connectivity index (χ2n) is 6.36. The van der Waals surface area contributed by atoms with Gasteiger partial charge in [-0.15, -0.1) is 0 Å². The normalized spacial score (nSPS) is 22.0. The summed E-state index contributed by atoms with van der Waals surface area (Å²) in [5.41, 5.74) is 0.617. The lowest BCUT2D eigenvalue weighted by Gasteiger charge is -2.18. The van der Waals surface area contributed by atoms with Crippen LogP contribution in [0.3, 0.4) is 0 Å². The van der Waals surface area contributed by atoms with Gasteiger partial charge in [-0.3, -0.25) is 9.78 Å². The number of ether oxygens (including phenoxy) is 1. The predicted octanol–water partition coefficient (Wildman–Crippen LogP) is 1.99. The lowest BCUT2D eigenvalue weighted by Crippen LogP contribution is -2.28. The Labute approximate surface area is 140 Å². The molecule has 0 spiro atoms. The van der Waals surface area contributed by atoms with Gasteiger partial charge in [-0.05, 0) is 31.4 Å². The molecule has 1 atom stereocenters. The van der Waals surface area contributed by atoms with Crippen LogP contribution in [-0.2, 0) is 4.74 Å². The van der Waals surface area contributed by atoms with Crippen LogP contribution in [0.15, 0.2) is 29.0 Å². The van der Waals surface area contributed by atoms with E-state index in [0.717, 1.165) is 38.3 Å². The van der Waals surface area contributed by atoms with Crippen molar-refractivity contribution >= 4 is 5.91 Å². The first-order valence-electron chi connectivity index (χ1n) is 8.42. The highest BCUT2D eigenvalue weighted by molar-refractivity contribution is 5.94. The molecule has 2 fully saturated rings. The van der Waals surface area contributed by atoms with Gasteiger partial charge in [0.2, 0.25) is 5.89 Å². The van der Waals surface area contributed by atoms with Crippen molar-refractivity contribution in [1.29, 1.82) is 0 Å². The van der Waals surface area contributed by atoms with E-state index in [4.69, 9.17) is 9.26 Å². The highest BCUT2D eigenvalue weighted by Crippen LogP contribution is 2.30. The first kappa shape index (κ1) is 15.3. The summed E-state index contributed by atoms with van der Waals surface area (Å²) in [4.78, 5) is 22.9. The highest BCUT2D eigenvalue weighted by Gasteiger charge is 2.32. The molecule has 2 saturated heterocycles. The molecule has 1 unspecified atom stereocenters. The van der Waals surface area contributed by atoms with Crippen molar-refractivity contribution in [2.24, 2.45) is 0 Å². The first-order chi connectivity index (χ1) is 11.8. The molecular weight excluding hydrogens is 308 g/mol. The van der Waals surface area contributed by atoms with Crippen LogP contribution in [0.5, 0.6) is 0 Å². The smallest absolute Gasteiger partial charge is 0.255 e. The van der Waals surface area contributed by atoms with Crippen LogP contribution >= 0.6 is 0 Å². The average molecular weight is 328 g/mol. The average Bonchev–Trinajstić information content (AvgIpc) is 3.32. The number of rotatable bonds is 3. The van der Waals surface area contributed by atoms with Crippen molar-refractivity contribution in [3.63, 3.8) is 0 Å². The van der Waals surface area contributed by atoms with Crippen LogP contribution in [0.2, 0.25) is 0 Å². The third kappa shape index (κ3) is 3.03. The number of carbonyl (C=O) groups is 1. The SMILES string of the molecule is O=C(c1cccnc1)N1CCC(c2nc(C3CCOCC3)no2)C1. The Morgan fingerprint density at radius 1 is 1.21 bits per heavy atom. The zero-order chi connectivity index (χ0) is 16.4. The molecule has 0 bridgehead atoms. The van der Waals surface area contributed by atoms with Gasteiger partial charge in [0, 0.05) is 44.6 Å². The number of aromatic nitrogens is 3. The molecule has 0 N–H and O–H groups in total. The van der Waals surface area contributed by atoms with Crippen molar-refractivity contribution in [1.82, 2.24) is 20.0 Å². The van der Waals surface area contributed by atoms with Gasteiger partial charge in [0.15, 0.2) is 5.82 Å². The summed E-state index contributed by atoms with van der Waals surface area (Å²) in [6, 6.07) is 3.57. The first-order valence-corrected chi connectivity index (χ1v) is 8.42. The molecule has 0 radical (unpaired) electrons. The van der Waals surface area contributed by atoms with Crippen molar-refractivity contribution in [2.45, 2.75) is 31.1 Å². The Morgan fingerprint density at radius 2 is 2.08 bits per heavy atom. The van der Waals surface area contributed by atoms with Gasteiger partial charge in [-0.1, -0.05) is 5.16 Å². The number of likely N-dealkylation sites (tertiary alicyclic amines) is 1. The van der Waals surface area contributed by atoms with Gasteiger partial charge in [-0.25, -0.2) is 0 Å². The lowest BCUT2D eigenvalue weighted by molar-refractivity contribution is 0.0789. The van der Waals surface area contributed by atoms with Crippen LogP contribution in [0.25, 0.3) is 0 Å². The Kier molecular flexibility index (Phi) is 4.25. The molecule has 2 aromatic rings. The zero-order valence-electron chi connectivity index (χ0n) is 13.4. The van der Waals surface area contributed by atoms with Crippen LogP contribution in [-0.4, -0.2) is 52.2 Å². The minimum absolute atomic E-state index is 0.00904. The molecule has 2 aliphatic heterocycles. The third-order valence-corrected chi connectivity index (χ3v) is 4.78.